The zero-order valence-corrected chi connectivity index (χ0v) is 24.4. The van der Waals surface area contributed by atoms with Crippen LogP contribution >= 0.6 is 0 Å². The molecule has 1 aromatic heterocycles. The van der Waals surface area contributed by atoms with Crippen molar-refractivity contribution in [3.05, 3.63) is 98.9 Å². The Labute approximate surface area is 248 Å². The minimum Gasteiger partial charge on any atom is -0.466 e. The smallest absolute Gasteiger partial charge is 0.416 e. The largest absolute Gasteiger partial charge is 0.466 e. The predicted molar refractivity (Wildman–Crippen MR) is 159 cm³/mol. The second kappa shape index (κ2) is 12.6. The molecule has 224 valence electrons. The zero-order chi connectivity index (χ0) is 30.7. The van der Waals surface area contributed by atoms with Gasteiger partial charge in [0.2, 0.25) is 0 Å². The fourth-order valence-electron chi connectivity index (χ4n) is 5.29. The van der Waals surface area contributed by atoms with Crippen molar-refractivity contribution in [1.29, 1.82) is 0 Å². The zero-order valence-electron chi connectivity index (χ0n) is 24.4. The first-order valence-electron chi connectivity index (χ1n) is 14.1. The number of alkyl halides is 3. The maximum absolute atomic E-state index is 14.0. The molecule has 2 heterocycles. The van der Waals surface area contributed by atoms with Gasteiger partial charge in [-0.1, -0.05) is 24.3 Å². The van der Waals surface area contributed by atoms with Crippen LogP contribution in [0.1, 0.15) is 49.4 Å². The topological polar surface area (TPSA) is 75.1 Å². The van der Waals surface area contributed by atoms with E-state index >= 15 is 0 Å². The van der Waals surface area contributed by atoms with Gasteiger partial charge < -0.3 is 9.64 Å². The van der Waals surface area contributed by atoms with Crippen molar-refractivity contribution >= 4 is 29.7 Å². The van der Waals surface area contributed by atoms with Crippen molar-refractivity contribution < 1.29 is 27.5 Å². The minimum atomic E-state index is -4.56. The Hall–Kier alpha value is -4.15. The number of ether oxygens (including phenoxy) is 1. The van der Waals surface area contributed by atoms with E-state index in [2.05, 4.69) is 14.9 Å². The van der Waals surface area contributed by atoms with E-state index in [4.69, 9.17) is 4.74 Å². The number of methoxy groups -OCH3 is 1. The van der Waals surface area contributed by atoms with E-state index in [0.29, 0.717) is 36.3 Å². The van der Waals surface area contributed by atoms with E-state index in [9.17, 15) is 22.8 Å². The summed E-state index contributed by atoms with van der Waals surface area (Å²) in [6.45, 7) is 5.09. The van der Waals surface area contributed by atoms with Gasteiger partial charge in [0.05, 0.1) is 24.1 Å². The van der Waals surface area contributed by atoms with Gasteiger partial charge in [-0.25, -0.2) is 4.79 Å². The summed E-state index contributed by atoms with van der Waals surface area (Å²) in [5.41, 5.74) is 4.50. The number of fused-ring (bicyclic) bond motifs is 1. The summed E-state index contributed by atoms with van der Waals surface area (Å²) in [6.07, 6.45) is 0.876. The van der Waals surface area contributed by atoms with Gasteiger partial charge in [-0.05, 0) is 60.5 Å². The third-order valence-electron chi connectivity index (χ3n) is 7.88. The quantitative estimate of drug-likeness (QED) is 0.198. The molecule has 1 fully saturated rings. The lowest BCUT2D eigenvalue weighted by atomic mass is 9.97. The molecular weight excluding hydrogens is 557 g/mol. The summed E-state index contributed by atoms with van der Waals surface area (Å²) in [6, 6.07) is 11.2. The fourth-order valence-corrected chi connectivity index (χ4v) is 5.29. The number of aliphatic imine (C=N–C) groups is 1. The van der Waals surface area contributed by atoms with Crippen LogP contribution in [0.5, 0.6) is 0 Å². The van der Waals surface area contributed by atoms with Gasteiger partial charge in [0, 0.05) is 74.7 Å². The fraction of sp³-hybridized carbons (Fsp3) is 0.333. The van der Waals surface area contributed by atoms with E-state index in [1.807, 2.05) is 31.0 Å². The Kier molecular flexibility index (Phi) is 8.89. The summed E-state index contributed by atoms with van der Waals surface area (Å²) >= 11 is 0. The number of esters is 1. The van der Waals surface area contributed by atoms with Gasteiger partial charge in [-0.15, -0.1) is 0 Å². The molecule has 10 heteroatoms. The number of carbonyl (C=O) groups excluding carboxylic acids is 2. The predicted octanol–water partition coefficient (Wildman–Crippen LogP) is 5.44. The molecular formula is C33H33F3N4O3. The maximum Gasteiger partial charge on any atom is 0.416 e. The van der Waals surface area contributed by atoms with Gasteiger partial charge in [-0.2, -0.15) is 13.2 Å². The van der Waals surface area contributed by atoms with E-state index < -0.39 is 17.5 Å². The summed E-state index contributed by atoms with van der Waals surface area (Å²) < 4.78 is 46.9. The number of aromatic nitrogens is 1. The van der Waals surface area contributed by atoms with Gasteiger partial charge in [0.15, 0.2) is 5.78 Å². The molecule has 2 aromatic carbocycles. The van der Waals surface area contributed by atoms with Crippen LogP contribution in [0, 0.1) is 6.92 Å². The van der Waals surface area contributed by atoms with Crippen molar-refractivity contribution in [3.8, 4) is 0 Å². The lowest BCUT2D eigenvalue weighted by molar-refractivity contribution is -0.138. The Morgan fingerprint density at radius 2 is 1.84 bits per heavy atom. The lowest BCUT2D eigenvalue weighted by Gasteiger charge is -2.33. The Morgan fingerprint density at radius 1 is 1.07 bits per heavy atom. The van der Waals surface area contributed by atoms with Crippen molar-refractivity contribution in [2.24, 2.45) is 4.99 Å². The van der Waals surface area contributed by atoms with Crippen LogP contribution in [-0.4, -0.2) is 73.1 Å². The first-order valence-corrected chi connectivity index (χ1v) is 14.1. The normalized spacial score (nSPS) is 15.9. The van der Waals surface area contributed by atoms with Crippen molar-refractivity contribution in [2.75, 3.05) is 40.3 Å². The van der Waals surface area contributed by atoms with Crippen molar-refractivity contribution in [2.45, 2.75) is 32.5 Å². The molecule has 0 saturated carbocycles. The summed E-state index contributed by atoms with van der Waals surface area (Å²) in [4.78, 5) is 38.2. The molecule has 7 nitrogen and oxygen atoms in total. The number of ketones is 1. The van der Waals surface area contributed by atoms with Crippen LogP contribution < -0.4 is 0 Å². The van der Waals surface area contributed by atoms with Crippen LogP contribution in [0.15, 0.2) is 59.2 Å². The third-order valence-corrected chi connectivity index (χ3v) is 7.88. The number of carbonyl (C=O) groups is 2. The lowest BCUT2D eigenvalue weighted by Crippen LogP contribution is -2.44. The number of hydrogen-bond donors (Lipinski definition) is 0. The van der Waals surface area contributed by atoms with Gasteiger partial charge >= 0.3 is 12.1 Å². The van der Waals surface area contributed by atoms with Gasteiger partial charge in [0.25, 0.3) is 0 Å². The van der Waals surface area contributed by atoms with E-state index in [-0.39, 0.29) is 30.1 Å². The van der Waals surface area contributed by atoms with Crippen LogP contribution in [-0.2, 0) is 35.1 Å². The summed E-state index contributed by atoms with van der Waals surface area (Å²) in [5, 5.41) is 0. The van der Waals surface area contributed by atoms with Crippen LogP contribution in [0.25, 0.3) is 6.08 Å². The molecule has 1 aliphatic carbocycles. The van der Waals surface area contributed by atoms with Crippen LogP contribution in [0.2, 0.25) is 0 Å². The molecule has 0 spiro atoms. The molecule has 0 radical (unpaired) electrons. The highest BCUT2D eigenvalue weighted by Gasteiger charge is 2.34. The number of piperazine rings is 1. The van der Waals surface area contributed by atoms with E-state index in [1.165, 1.54) is 19.2 Å². The average molecular weight is 591 g/mol. The summed E-state index contributed by atoms with van der Waals surface area (Å²) in [7, 11) is 3.34. The molecule has 0 atom stereocenters. The first kappa shape index (κ1) is 30.3. The monoisotopic (exact) mass is 590 g/mol. The Bertz CT molecular complexity index is 1610. The number of pyridine rings is 1. The highest BCUT2D eigenvalue weighted by Crippen LogP contribution is 2.34. The SMILES string of the molecule is COC(=O)C1=Cc2cc(C=Nc3cc(CC(=O)c4ccc(CN5CCN(C)CC5)c(C(F)(F)F)c4)ccc3C)cnc2C1. The van der Waals surface area contributed by atoms with Crippen molar-refractivity contribution in [3.63, 3.8) is 0 Å². The standard InChI is InChI=1S/C33H33F3N4O3/c1-21-4-5-22(13-29(21)37-18-23-12-26-15-27(32(42)43-3)17-30(26)38-19-23)14-31(41)24-6-7-25(28(16-24)33(34,35)36)20-40-10-8-39(2)9-11-40/h4-7,12-13,15-16,18-19H,8-11,14,17,20H2,1-3H3. The van der Waals surface area contributed by atoms with E-state index in [1.54, 1.807) is 30.6 Å². The van der Waals surface area contributed by atoms with Crippen LogP contribution in [0.4, 0.5) is 18.9 Å². The van der Waals surface area contributed by atoms with Gasteiger partial charge in [-0.3, -0.25) is 19.7 Å². The molecule has 0 amide bonds. The number of hydrogen-bond acceptors (Lipinski definition) is 7. The highest BCUT2D eigenvalue weighted by atomic mass is 19.4. The number of rotatable bonds is 8. The molecule has 5 rings (SSSR count). The molecule has 1 saturated heterocycles. The number of Topliss-reactive ketones (excluding diaryl/α,β-unsaturated/α-hetero) is 1. The average Bonchev–Trinajstić information content (AvgIpc) is 3.41. The highest BCUT2D eigenvalue weighted by molar-refractivity contribution is 5.98. The van der Waals surface area contributed by atoms with Crippen molar-refractivity contribution in [1.82, 2.24) is 14.8 Å². The second-order valence-electron chi connectivity index (χ2n) is 11.1. The maximum atomic E-state index is 14.0. The third kappa shape index (κ3) is 7.26. The Balaban J connectivity index is 1.31. The van der Waals surface area contributed by atoms with E-state index in [0.717, 1.165) is 41.5 Å². The van der Waals surface area contributed by atoms with Gasteiger partial charge in [0.1, 0.15) is 0 Å². The molecule has 1 aliphatic heterocycles. The molecule has 0 bridgehead atoms. The second-order valence-corrected chi connectivity index (χ2v) is 11.1. The molecule has 0 N–H and O–H groups in total. The minimum absolute atomic E-state index is 0.0312. The Morgan fingerprint density at radius 3 is 2.56 bits per heavy atom. The number of benzene rings is 2. The summed E-state index contributed by atoms with van der Waals surface area (Å²) in [5.74, 6) is -0.780. The number of aryl methyl sites for hydroxylation is 1. The molecule has 0 unspecified atom stereocenters. The molecule has 3 aromatic rings. The number of nitrogens with zero attached hydrogens (tertiary/aromatic N) is 4. The number of likely N-dealkylation sites (N-methyl/N-ethyl adjacent to an activating group) is 1. The first-order chi connectivity index (χ1) is 20.5. The molecule has 2 aliphatic rings. The number of halogens is 3. The van der Waals surface area contributed by atoms with Crippen LogP contribution in [0.3, 0.4) is 0 Å². The molecule has 43 heavy (non-hydrogen) atoms.